The highest BCUT2D eigenvalue weighted by molar-refractivity contribution is 5.97. The van der Waals surface area contributed by atoms with Crippen LogP contribution in [0.1, 0.15) is 23.4 Å². The molecule has 0 aliphatic carbocycles. The van der Waals surface area contributed by atoms with E-state index in [4.69, 9.17) is 9.15 Å². The molecule has 3 aromatic heterocycles. The maximum Gasteiger partial charge on any atom is 0.289 e. The lowest BCUT2D eigenvalue weighted by molar-refractivity contribution is 0.0690. The standard InChI is InChI=1S/C24H22N4O4/c1-31-20-8-2-5-16-13-21(32-23(16)20)24(30)27-12-4-7-18(27)15-28-22(29)10-9-19(26-28)17-6-3-11-25-14-17/h2-3,5-6,8-11,13-14,18H,4,7,12,15H2,1H3. The Morgan fingerprint density at radius 2 is 2.12 bits per heavy atom. The van der Waals surface area contributed by atoms with Gasteiger partial charge in [-0.25, -0.2) is 4.68 Å². The zero-order valence-corrected chi connectivity index (χ0v) is 17.6. The molecule has 1 amide bonds. The summed E-state index contributed by atoms with van der Waals surface area (Å²) in [6, 6.07) is 14.0. The fourth-order valence-corrected chi connectivity index (χ4v) is 4.18. The smallest absolute Gasteiger partial charge is 0.289 e. The van der Waals surface area contributed by atoms with Crippen molar-refractivity contribution in [3.63, 3.8) is 0 Å². The molecule has 1 aromatic carbocycles. The summed E-state index contributed by atoms with van der Waals surface area (Å²) in [6.45, 7) is 0.928. The summed E-state index contributed by atoms with van der Waals surface area (Å²) >= 11 is 0. The highest BCUT2D eigenvalue weighted by atomic mass is 16.5. The molecule has 1 atom stereocenters. The van der Waals surface area contributed by atoms with Gasteiger partial charge in [0, 0.05) is 36.0 Å². The van der Waals surface area contributed by atoms with E-state index in [1.54, 1.807) is 42.6 Å². The Hall–Kier alpha value is -3.94. The van der Waals surface area contributed by atoms with E-state index in [1.807, 2.05) is 24.3 Å². The highest BCUT2D eigenvalue weighted by Crippen LogP contribution is 2.30. The molecule has 0 N–H and O–H groups in total. The number of hydrogen-bond acceptors (Lipinski definition) is 6. The molecule has 1 aliphatic rings. The summed E-state index contributed by atoms with van der Waals surface area (Å²) in [5.74, 6) is 0.658. The van der Waals surface area contributed by atoms with E-state index in [0.29, 0.717) is 30.1 Å². The van der Waals surface area contributed by atoms with Crippen LogP contribution < -0.4 is 10.3 Å². The van der Waals surface area contributed by atoms with Crippen LogP contribution in [0.5, 0.6) is 5.75 Å². The second-order valence-electron chi connectivity index (χ2n) is 7.76. The zero-order chi connectivity index (χ0) is 22.1. The molecule has 0 radical (unpaired) electrons. The molecule has 4 heterocycles. The van der Waals surface area contributed by atoms with Crippen molar-refractivity contribution >= 4 is 16.9 Å². The summed E-state index contributed by atoms with van der Waals surface area (Å²) in [5, 5.41) is 5.33. The molecule has 1 unspecified atom stereocenters. The largest absolute Gasteiger partial charge is 0.493 e. The zero-order valence-electron chi connectivity index (χ0n) is 17.6. The number of nitrogens with zero attached hydrogens (tertiary/aromatic N) is 4. The van der Waals surface area contributed by atoms with E-state index in [-0.39, 0.29) is 23.3 Å². The normalized spacial score (nSPS) is 15.9. The maximum absolute atomic E-state index is 13.3. The van der Waals surface area contributed by atoms with Crippen molar-refractivity contribution in [3.8, 4) is 17.0 Å². The Labute approximate surface area is 184 Å². The van der Waals surface area contributed by atoms with Crippen molar-refractivity contribution in [2.24, 2.45) is 0 Å². The number of fused-ring (bicyclic) bond motifs is 1. The Morgan fingerprint density at radius 1 is 1.22 bits per heavy atom. The van der Waals surface area contributed by atoms with Crippen LogP contribution in [-0.2, 0) is 6.54 Å². The lowest BCUT2D eigenvalue weighted by atomic mass is 10.2. The number of hydrogen-bond donors (Lipinski definition) is 0. The number of ether oxygens (including phenoxy) is 1. The Kier molecular flexibility index (Phi) is 5.18. The second kappa shape index (κ2) is 8.30. The molecule has 1 aliphatic heterocycles. The molecule has 0 saturated carbocycles. The van der Waals surface area contributed by atoms with Gasteiger partial charge in [-0.15, -0.1) is 0 Å². The Balaban J connectivity index is 1.41. The maximum atomic E-state index is 13.3. The lowest BCUT2D eigenvalue weighted by Crippen LogP contribution is -2.40. The van der Waals surface area contributed by atoms with Gasteiger partial charge in [0.05, 0.1) is 25.4 Å². The SMILES string of the molecule is COc1cccc2cc(C(=O)N3CCCC3Cn3nc(-c4cccnc4)ccc3=O)oc12. The van der Waals surface area contributed by atoms with Crippen LogP contribution in [0.2, 0.25) is 0 Å². The number of likely N-dealkylation sites (tertiary alicyclic amines) is 1. The van der Waals surface area contributed by atoms with Crippen LogP contribution in [0.3, 0.4) is 0 Å². The summed E-state index contributed by atoms with van der Waals surface area (Å²) in [5.41, 5.74) is 1.84. The minimum absolute atomic E-state index is 0.146. The van der Waals surface area contributed by atoms with Crippen molar-refractivity contribution in [3.05, 3.63) is 77.0 Å². The molecule has 8 heteroatoms. The van der Waals surface area contributed by atoms with Gasteiger partial charge in [-0.05, 0) is 43.2 Å². The van der Waals surface area contributed by atoms with Crippen molar-refractivity contribution in [1.82, 2.24) is 19.7 Å². The number of carbonyl (C=O) groups is 1. The lowest BCUT2D eigenvalue weighted by Gasteiger charge is -2.24. The molecule has 32 heavy (non-hydrogen) atoms. The number of para-hydroxylation sites is 1. The van der Waals surface area contributed by atoms with Crippen LogP contribution in [-0.4, -0.2) is 45.3 Å². The molecular weight excluding hydrogens is 408 g/mol. The Bertz CT molecular complexity index is 1330. The molecule has 0 spiro atoms. The molecule has 8 nitrogen and oxygen atoms in total. The molecule has 4 aromatic rings. The first-order valence-corrected chi connectivity index (χ1v) is 10.5. The van der Waals surface area contributed by atoms with Crippen molar-refractivity contribution in [1.29, 1.82) is 0 Å². The van der Waals surface area contributed by atoms with E-state index in [9.17, 15) is 9.59 Å². The van der Waals surface area contributed by atoms with Gasteiger partial charge in [0.25, 0.3) is 11.5 Å². The number of carbonyl (C=O) groups excluding carboxylic acids is 1. The summed E-state index contributed by atoms with van der Waals surface area (Å²) < 4.78 is 12.6. The average molecular weight is 430 g/mol. The van der Waals surface area contributed by atoms with E-state index in [2.05, 4.69) is 10.1 Å². The number of amides is 1. The first kappa shape index (κ1) is 20.0. The predicted molar refractivity (Wildman–Crippen MR) is 119 cm³/mol. The summed E-state index contributed by atoms with van der Waals surface area (Å²) in [4.78, 5) is 31.6. The van der Waals surface area contributed by atoms with Gasteiger partial charge in [0.1, 0.15) is 0 Å². The Morgan fingerprint density at radius 3 is 2.94 bits per heavy atom. The predicted octanol–water partition coefficient (Wildman–Crippen LogP) is 3.36. The third kappa shape index (κ3) is 3.64. The van der Waals surface area contributed by atoms with Gasteiger partial charge in [-0.1, -0.05) is 12.1 Å². The summed E-state index contributed by atoms with van der Waals surface area (Å²) in [7, 11) is 1.57. The average Bonchev–Trinajstić information content (AvgIpc) is 3.47. The number of aromatic nitrogens is 3. The number of methoxy groups -OCH3 is 1. The third-order valence-electron chi connectivity index (χ3n) is 5.78. The minimum atomic E-state index is -0.203. The van der Waals surface area contributed by atoms with E-state index in [1.165, 1.54) is 10.7 Å². The van der Waals surface area contributed by atoms with Crippen molar-refractivity contribution in [2.45, 2.75) is 25.4 Å². The van der Waals surface area contributed by atoms with Gasteiger partial charge in [0.15, 0.2) is 17.1 Å². The van der Waals surface area contributed by atoms with Crippen LogP contribution in [0.15, 0.2) is 70.1 Å². The fourth-order valence-electron chi connectivity index (χ4n) is 4.18. The highest BCUT2D eigenvalue weighted by Gasteiger charge is 2.32. The molecule has 162 valence electrons. The number of rotatable bonds is 5. The van der Waals surface area contributed by atoms with Crippen molar-refractivity contribution in [2.75, 3.05) is 13.7 Å². The molecule has 5 rings (SSSR count). The van der Waals surface area contributed by atoms with Crippen LogP contribution in [0.4, 0.5) is 0 Å². The van der Waals surface area contributed by atoms with E-state index in [0.717, 1.165) is 23.8 Å². The third-order valence-corrected chi connectivity index (χ3v) is 5.78. The monoisotopic (exact) mass is 430 g/mol. The number of benzene rings is 1. The van der Waals surface area contributed by atoms with Crippen molar-refractivity contribution < 1.29 is 13.9 Å². The van der Waals surface area contributed by atoms with Gasteiger partial charge in [-0.3, -0.25) is 14.6 Å². The molecule has 0 bridgehead atoms. The molecular formula is C24H22N4O4. The minimum Gasteiger partial charge on any atom is -0.493 e. The van der Waals surface area contributed by atoms with Gasteiger partial charge >= 0.3 is 0 Å². The first-order chi connectivity index (χ1) is 15.6. The second-order valence-corrected chi connectivity index (χ2v) is 7.76. The van der Waals surface area contributed by atoms with Crippen LogP contribution in [0, 0.1) is 0 Å². The van der Waals surface area contributed by atoms with Gasteiger partial charge < -0.3 is 14.1 Å². The van der Waals surface area contributed by atoms with Gasteiger partial charge in [0.2, 0.25) is 0 Å². The number of pyridine rings is 1. The number of furan rings is 1. The molecule has 1 saturated heterocycles. The van der Waals surface area contributed by atoms with Crippen LogP contribution in [0.25, 0.3) is 22.2 Å². The van der Waals surface area contributed by atoms with Gasteiger partial charge in [-0.2, -0.15) is 5.10 Å². The first-order valence-electron chi connectivity index (χ1n) is 10.5. The van der Waals surface area contributed by atoms with Crippen LogP contribution >= 0.6 is 0 Å². The fraction of sp³-hybridized carbons (Fsp3) is 0.250. The van der Waals surface area contributed by atoms with E-state index < -0.39 is 0 Å². The van der Waals surface area contributed by atoms with E-state index >= 15 is 0 Å². The molecule has 1 fully saturated rings. The quantitative estimate of drug-likeness (QED) is 0.482. The summed E-state index contributed by atoms with van der Waals surface area (Å²) in [6.07, 6.45) is 5.05. The topological polar surface area (TPSA) is 90.5 Å².